The molecule has 1 N–H and O–H groups in total. The van der Waals surface area contributed by atoms with E-state index in [-0.39, 0.29) is 11.7 Å². The van der Waals surface area contributed by atoms with Crippen LogP contribution in [0, 0.1) is 0 Å². The van der Waals surface area contributed by atoms with Crippen molar-refractivity contribution < 1.29 is 9.90 Å². The summed E-state index contributed by atoms with van der Waals surface area (Å²) in [5.74, 6) is 0.000648. The molecule has 0 radical (unpaired) electrons. The molecule has 132 valence electrons. The third-order valence-electron chi connectivity index (χ3n) is 4.79. The predicted octanol–water partition coefficient (Wildman–Crippen LogP) is 3.17. The number of para-hydroxylation sites is 1. The smallest absolute Gasteiger partial charge is 0.257 e. The fraction of sp³-hybridized carbons (Fsp3) is 0.381. The number of carbonyl (C=O) groups is 1. The minimum Gasteiger partial charge on any atom is -0.507 e. The van der Waals surface area contributed by atoms with Gasteiger partial charge >= 0.3 is 0 Å². The first kappa shape index (κ1) is 17.5. The van der Waals surface area contributed by atoms with E-state index in [2.05, 4.69) is 35.2 Å². The fourth-order valence-corrected chi connectivity index (χ4v) is 3.37. The number of amides is 1. The van der Waals surface area contributed by atoms with Crippen LogP contribution in [-0.2, 0) is 6.42 Å². The van der Waals surface area contributed by atoms with Gasteiger partial charge in [0.05, 0.1) is 5.56 Å². The summed E-state index contributed by atoms with van der Waals surface area (Å²) < 4.78 is 0. The quantitative estimate of drug-likeness (QED) is 0.911. The number of phenols is 1. The molecular weight excluding hydrogens is 312 g/mol. The van der Waals surface area contributed by atoms with Crippen LogP contribution in [0.1, 0.15) is 28.8 Å². The SMILES string of the molecule is O=C(c1ccccc1O)N1CCCN(CCCc2ccccc2)CC1. The third-order valence-corrected chi connectivity index (χ3v) is 4.79. The molecule has 0 spiro atoms. The molecule has 1 aliphatic rings. The second kappa shape index (κ2) is 8.67. The number of hydrogen-bond donors (Lipinski definition) is 1. The van der Waals surface area contributed by atoms with Crippen molar-refractivity contribution in [1.82, 2.24) is 9.80 Å². The van der Waals surface area contributed by atoms with Gasteiger partial charge in [-0.1, -0.05) is 42.5 Å². The number of aromatic hydroxyl groups is 1. The summed E-state index contributed by atoms with van der Waals surface area (Å²) in [6.45, 7) is 4.46. The molecule has 0 saturated carbocycles. The van der Waals surface area contributed by atoms with E-state index in [0.717, 1.165) is 52.0 Å². The van der Waals surface area contributed by atoms with Crippen LogP contribution in [0.2, 0.25) is 0 Å². The number of phenolic OH excluding ortho intramolecular Hbond substituents is 1. The molecule has 0 bridgehead atoms. The second-order valence-electron chi connectivity index (χ2n) is 6.59. The summed E-state index contributed by atoms with van der Waals surface area (Å²) in [4.78, 5) is 16.9. The van der Waals surface area contributed by atoms with Gasteiger partial charge in [0.1, 0.15) is 5.75 Å². The summed E-state index contributed by atoms with van der Waals surface area (Å²) in [7, 11) is 0. The van der Waals surface area contributed by atoms with E-state index in [4.69, 9.17) is 0 Å². The van der Waals surface area contributed by atoms with Crippen molar-refractivity contribution in [3.63, 3.8) is 0 Å². The number of hydrogen-bond acceptors (Lipinski definition) is 3. The molecule has 1 fully saturated rings. The minimum absolute atomic E-state index is 0.0655. The van der Waals surface area contributed by atoms with E-state index < -0.39 is 0 Å². The average molecular weight is 338 g/mol. The van der Waals surface area contributed by atoms with Crippen LogP contribution in [0.5, 0.6) is 5.75 Å². The number of aryl methyl sites for hydroxylation is 1. The van der Waals surface area contributed by atoms with E-state index in [1.165, 1.54) is 5.56 Å². The van der Waals surface area contributed by atoms with Gasteiger partial charge in [-0.05, 0) is 50.0 Å². The van der Waals surface area contributed by atoms with Crippen molar-refractivity contribution in [2.75, 3.05) is 32.7 Å². The van der Waals surface area contributed by atoms with Crippen molar-refractivity contribution in [1.29, 1.82) is 0 Å². The van der Waals surface area contributed by atoms with Crippen LogP contribution in [0.3, 0.4) is 0 Å². The van der Waals surface area contributed by atoms with Crippen molar-refractivity contribution >= 4 is 5.91 Å². The molecule has 0 aliphatic carbocycles. The van der Waals surface area contributed by atoms with Gasteiger partial charge in [0.2, 0.25) is 0 Å². The molecule has 3 rings (SSSR count). The van der Waals surface area contributed by atoms with Crippen LogP contribution >= 0.6 is 0 Å². The molecule has 0 atom stereocenters. The predicted molar refractivity (Wildman–Crippen MR) is 99.8 cm³/mol. The van der Waals surface area contributed by atoms with Gasteiger partial charge in [-0.2, -0.15) is 0 Å². The number of benzene rings is 2. The molecule has 1 amide bonds. The first-order valence-electron chi connectivity index (χ1n) is 9.07. The number of rotatable bonds is 5. The Kier molecular flexibility index (Phi) is 6.07. The van der Waals surface area contributed by atoms with Crippen LogP contribution in [0.25, 0.3) is 0 Å². The molecule has 4 heteroatoms. The van der Waals surface area contributed by atoms with Gasteiger partial charge in [0, 0.05) is 19.6 Å². The molecule has 4 nitrogen and oxygen atoms in total. The molecule has 2 aromatic rings. The Hall–Kier alpha value is -2.33. The van der Waals surface area contributed by atoms with E-state index >= 15 is 0 Å². The van der Waals surface area contributed by atoms with Crippen LogP contribution < -0.4 is 0 Å². The topological polar surface area (TPSA) is 43.8 Å². The summed E-state index contributed by atoms with van der Waals surface area (Å²) in [5.41, 5.74) is 1.79. The van der Waals surface area contributed by atoms with Gasteiger partial charge in [-0.3, -0.25) is 4.79 Å². The maximum Gasteiger partial charge on any atom is 0.257 e. The Bertz CT molecular complexity index is 687. The highest BCUT2D eigenvalue weighted by molar-refractivity contribution is 5.96. The average Bonchev–Trinajstić information content (AvgIpc) is 2.88. The molecule has 2 aromatic carbocycles. The summed E-state index contributed by atoms with van der Waals surface area (Å²) in [5, 5.41) is 9.90. The highest BCUT2D eigenvalue weighted by Gasteiger charge is 2.21. The van der Waals surface area contributed by atoms with Crippen LogP contribution in [0.4, 0.5) is 0 Å². The molecule has 0 unspecified atom stereocenters. The maximum atomic E-state index is 12.6. The lowest BCUT2D eigenvalue weighted by Crippen LogP contribution is -2.35. The molecule has 25 heavy (non-hydrogen) atoms. The molecule has 0 aromatic heterocycles. The zero-order valence-electron chi connectivity index (χ0n) is 14.6. The van der Waals surface area contributed by atoms with Crippen molar-refractivity contribution in [2.45, 2.75) is 19.3 Å². The highest BCUT2D eigenvalue weighted by Crippen LogP contribution is 2.19. The minimum atomic E-state index is -0.0655. The van der Waals surface area contributed by atoms with Gasteiger partial charge in [-0.25, -0.2) is 0 Å². The monoisotopic (exact) mass is 338 g/mol. The van der Waals surface area contributed by atoms with Gasteiger partial charge in [0.25, 0.3) is 5.91 Å². The Balaban J connectivity index is 1.49. The van der Waals surface area contributed by atoms with Gasteiger partial charge < -0.3 is 14.9 Å². The Morgan fingerprint density at radius 2 is 1.68 bits per heavy atom. The normalized spacial score (nSPS) is 15.8. The summed E-state index contributed by atoms with van der Waals surface area (Å²) in [6.07, 6.45) is 3.21. The second-order valence-corrected chi connectivity index (χ2v) is 6.59. The molecular formula is C21H26N2O2. The largest absolute Gasteiger partial charge is 0.507 e. The van der Waals surface area contributed by atoms with E-state index in [9.17, 15) is 9.90 Å². The number of nitrogens with zero attached hydrogens (tertiary/aromatic N) is 2. The van der Waals surface area contributed by atoms with E-state index in [1.54, 1.807) is 24.3 Å². The van der Waals surface area contributed by atoms with Crippen LogP contribution in [0.15, 0.2) is 54.6 Å². The Labute approximate surface area is 149 Å². The standard InChI is InChI=1S/C21H26N2O2/c24-20-12-5-4-11-19(20)21(25)23-15-7-14-22(16-17-23)13-6-10-18-8-2-1-3-9-18/h1-5,8-9,11-12,24H,6-7,10,13-17H2. The van der Waals surface area contributed by atoms with Crippen molar-refractivity contribution in [3.8, 4) is 5.75 Å². The first-order valence-corrected chi connectivity index (χ1v) is 9.07. The van der Waals surface area contributed by atoms with Crippen molar-refractivity contribution in [2.24, 2.45) is 0 Å². The van der Waals surface area contributed by atoms with E-state index in [1.807, 2.05) is 4.90 Å². The van der Waals surface area contributed by atoms with Crippen LogP contribution in [-0.4, -0.2) is 53.5 Å². The Morgan fingerprint density at radius 1 is 0.920 bits per heavy atom. The molecule has 1 heterocycles. The first-order chi connectivity index (χ1) is 12.2. The lowest BCUT2D eigenvalue weighted by Gasteiger charge is -2.22. The fourth-order valence-electron chi connectivity index (χ4n) is 3.37. The summed E-state index contributed by atoms with van der Waals surface area (Å²) >= 11 is 0. The van der Waals surface area contributed by atoms with Gasteiger partial charge in [0.15, 0.2) is 0 Å². The molecule has 1 saturated heterocycles. The summed E-state index contributed by atoms with van der Waals surface area (Å²) in [6, 6.07) is 17.4. The van der Waals surface area contributed by atoms with Crippen molar-refractivity contribution in [3.05, 3.63) is 65.7 Å². The third kappa shape index (κ3) is 4.83. The lowest BCUT2D eigenvalue weighted by molar-refractivity contribution is 0.0758. The number of carbonyl (C=O) groups excluding carboxylic acids is 1. The van der Waals surface area contributed by atoms with Gasteiger partial charge in [-0.15, -0.1) is 0 Å². The molecule has 1 aliphatic heterocycles. The maximum absolute atomic E-state index is 12.6. The highest BCUT2D eigenvalue weighted by atomic mass is 16.3. The zero-order chi connectivity index (χ0) is 17.5. The Morgan fingerprint density at radius 3 is 2.48 bits per heavy atom. The zero-order valence-corrected chi connectivity index (χ0v) is 14.6. The lowest BCUT2D eigenvalue weighted by atomic mass is 10.1. The van der Waals surface area contributed by atoms with E-state index in [0.29, 0.717) is 5.56 Å².